The van der Waals surface area contributed by atoms with Crippen LogP contribution in [0.2, 0.25) is 0 Å². The van der Waals surface area contributed by atoms with Gasteiger partial charge in [0, 0.05) is 63.1 Å². The minimum atomic E-state index is -0.0435. The number of piperazine rings is 1. The van der Waals surface area contributed by atoms with Crippen LogP contribution in [-0.2, 0) is 13.1 Å². The quantitative estimate of drug-likeness (QED) is 0.841. The highest BCUT2D eigenvalue weighted by Crippen LogP contribution is 2.25. The normalized spacial score (nSPS) is 18.2. The molecule has 134 valence electrons. The van der Waals surface area contributed by atoms with Crippen LogP contribution in [0.15, 0.2) is 36.7 Å². The number of aryl methyl sites for hydroxylation is 1. The molecule has 0 saturated carbocycles. The Bertz CT molecular complexity index is 711. The summed E-state index contributed by atoms with van der Waals surface area (Å²) in [5.74, 6) is -0.0435. The molecular weight excluding hydrogens is 314 g/mol. The number of carbonyl (C=O) groups excluding carboxylic acids is 1. The smallest absolute Gasteiger partial charge is 0.251 e. The van der Waals surface area contributed by atoms with Crippen molar-refractivity contribution in [1.29, 1.82) is 0 Å². The van der Waals surface area contributed by atoms with Gasteiger partial charge in [0.05, 0.1) is 6.20 Å². The summed E-state index contributed by atoms with van der Waals surface area (Å²) in [6, 6.07) is 8.19. The van der Waals surface area contributed by atoms with E-state index in [9.17, 15) is 4.79 Å². The Kier molecular flexibility index (Phi) is 5.83. The van der Waals surface area contributed by atoms with E-state index in [1.54, 1.807) is 7.05 Å². The molecule has 0 radical (unpaired) electrons. The molecule has 6 heteroatoms. The van der Waals surface area contributed by atoms with Crippen molar-refractivity contribution in [3.8, 4) is 0 Å². The van der Waals surface area contributed by atoms with Crippen LogP contribution in [0.4, 0.5) is 0 Å². The van der Waals surface area contributed by atoms with Gasteiger partial charge in [0.1, 0.15) is 0 Å². The highest BCUT2D eigenvalue weighted by molar-refractivity contribution is 5.94. The topological polar surface area (TPSA) is 62.2 Å². The molecule has 0 unspecified atom stereocenters. The second-order valence-corrected chi connectivity index (χ2v) is 6.51. The highest BCUT2D eigenvalue weighted by atomic mass is 16.1. The number of amides is 1. The lowest BCUT2D eigenvalue weighted by Gasteiger charge is -2.36. The van der Waals surface area contributed by atoms with Crippen molar-refractivity contribution in [2.24, 2.45) is 0 Å². The molecule has 25 heavy (non-hydrogen) atoms. The summed E-state index contributed by atoms with van der Waals surface area (Å²) in [5, 5.41) is 10.6. The first-order valence-electron chi connectivity index (χ1n) is 8.99. The fourth-order valence-corrected chi connectivity index (χ4v) is 3.37. The summed E-state index contributed by atoms with van der Waals surface area (Å²) in [4.78, 5) is 14.4. The van der Waals surface area contributed by atoms with E-state index in [0.717, 1.165) is 39.1 Å². The summed E-state index contributed by atoms with van der Waals surface area (Å²) in [7, 11) is 1.66. The summed E-state index contributed by atoms with van der Waals surface area (Å²) in [5.41, 5.74) is 3.12. The van der Waals surface area contributed by atoms with E-state index < -0.39 is 0 Å². The Morgan fingerprint density at radius 2 is 2.32 bits per heavy atom. The zero-order chi connectivity index (χ0) is 17.6. The Hall–Kier alpha value is -2.18. The molecule has 1 aliphatic heterocycles. The average molecular weight is 341 g/mol. The van der Waals surface area contributed by atoms with Crippen LogP contribution in [0.25, 0.3) is 0 Å². The van der Waals surface area contributed by atoms with Gasteiger partial charge in [-0.1, -0.05) is 19.1 Å². The van der Waals surface area contributed by atoms with Gasteiger partial charge < -0.3 is 10.6 Å². The van der Waals surface area contributed by atoms with Crippen molar-refractivity contribution in [1.82, 2.24) is 25.3 Å². The minimum Gasteiger partial charge on any atom is -0.355 e. The van der Waals surface area contributed by atoms with Crippen molar-refractivity contribution in [3.05, 3.63) is 53.3 Å². The van der Waals surface area contributed by atoms with Crippen LogP contribution >= 0.6 is 0 Å². The number of nitrogens with one attached hydrogen (secondary N) is 2. The number of benzene rings is 1. The average Bonchev–Trinajstić information content (AvgIpc) is 3.09. The minimum absolute atomic E-state index is 0.0435. The molecule has 2 heterocycles. The molecule has 0 aliphatic carbocycles. The van der Waals surface area contributed by atoms with Crippen molar-refractivity contribution in [2.75, 3.05) is 26.7 Å². The predicted octanol–water partition coefficient (Wildman–Crippen LogP) is 1.80. The van der Waals surface area contributed by atoms with Gasteiger partial charge in [0.2, 0.25) is 0 Å². The van der Waals surface area contributed by atoms with Crippen LogP contribution in [0.3, 0.4) is 0 Å². The third-order valence-electron chi connectivity index (χ3n) is 4.64. The standard InChI is InChI=1S/C19H27N5O/c1-3-8-24-14-15(11-22-24)13-23-9-7-21-12-18(23)16-5-4-6-17(10-16)19(25)20-2/h4-6,10-11,14,18,21H,3,7-9,12-13H2,1-2H3,(H,20,25)/t18-/m1/s1. The third-order valence-corrected chi connectivity index (χ3v) is 4.64. The maximum Gasteiger partial charge on any atom is 0.251 e. The molecule has 0 bridgehead atoms. The fraction of sp³-hybridized carbons (Fsp3) is 0.474. The Balaban J connectivity index is 1.77. The van der Waals surface area contributed by atoms with Gasteiger partial charge in [-0.3, -0.25) is 14.4 Å². The molecule has 3 rings (SSSR count). The predicted molar refractivity (Wildman–Crippen MR) is 98.4 cm³/mol. The van der Waals surface area contributed by atoms with Gasteiger partial charge in [-0.25, -0.2) is 0 Å². The summed E-state index contributed by atoms with van der Waals surface area (Å²) >= 11 is 0. The maximum atomic E-state index is 11.9. The molecule has 1 aromatic heterocycles. The van der Waals surface area contributed by atoms with Crippen molar-refractivity contribution >= 4 is 5.91 Å². The molecule has 1 saturated heterocycles. The number of hydrogen-bond acceptors (Lipinski definition) is 4. The zero-order valence-electron chi connectivity index (χ0n) is 15.0. The SMILES string of the molecule is CCCn1cc(CN2CCNC[C@@H]2c2cccc(C(=O)NC)c2)cn1. The number of carbonyl (C=O) groups is 1. The van der Waals surface area contributed by atoms with Gasteiger partial charge in [0.15, 0.2) is 0 Å². The molecule has 1 amide bonds. The first kappa shape index (κ1) is 17.6. The lowest BCUT2D eigenvalue weighted by Crippen LogP contribution is -2.45. The number of nitrogens with zero attached hydrogens (tertiary/aromatic N) is 3. The number of rotatable bonds is 6. The maximum absolute atomic E-state index is 11.9. The first-order chi connectivity index (χ1) is 12.2. The van der Waals surface area contributed by atoms with E-state index in [1.165, 1.54) is 11.1 Å². The van der Waals surface area contributed by atoms with Gasteiger partial charge >= 0.3 is 0 Å². The van der Waals surface area contributed by atoms with Crippen molar-refractivity contribution in [2.45, 2.75) is 32.5 Å². The molecule has 2 N–H and O–H groups in total. The molecule has 1 aliphatic rings. The Labute approximate surface area is 149 Å². The van der Waals surface area contributed by atoms with E-state index in [0.29, 0.717) is 5.56 Å². The molecule has 0 spiro atoms. The van der Waals surface area contributed by atoms with E-state index in [2.05, 4.69) is 39.8 Å². The largest absolute Gasteiger partial charge is 0.355 e. The van der Waals surface area contributed by atoms with Crippen LogP contribution in [0.1, 0.15) is 40.9 Å². The monoisotopic (exact) mass is 341 g/mol. The summed E-state index contributed by atoms with van der Waals surface area (Å²) in [6.07, 6.45) is 5.20. The van der Waals surface area contributed by atoms with Crippen LogP contribution in [-0.4, -0.2) is 47.3 Å². The molecule has 2 aromatic rings. The second-order valence-electron chi connectivity index (χ2n) is 6.51. The van der Waals surface area contributed by atoms with E-state index in [-0.39, 0.29) is 11.9 Å². The molecular formula is C19H27N5O. The van der Waals surface area contributed by atoms with Gasteiger partial charge in [-0.05, 0) is 24.1 Å². The van der Waals surface area contributed by atoms with Crippen LogP contribution in [0, 0.1) is 0 Å². The van der Waals surface area contributed by atoms with Crippen molar-refractivity contribution in [3.63, 3.8) is 0 Å². The summed E-state index contributed by atoms with van der Waals surface area (Å²) in [6.45, 7) is 6.84. The van der Waals surface area contributed by atoms with Crippen LogP contribution in [0.5, 0.6) is 0 Å². The van der Waals surface area contributed by atoms with Gasteiger partial charge in [-0.15, -0.1) is 0 Å². The van der Waals surface area contributed by atoms with Gasteiger partial charge in [0.25, 0.3) is 5.91 Å². The van der Waals surface area contributed by atoms with E-state index >= 15 is 0 Å². The molecule has 1 fully saturated rings. The Morgan fingerprint density at radius 3 is 3.12 bits per heavy atom. The first-order valence-corrected chi connectivity index (χ1v) is 8.99. The molecule has 1 aromatic carbocycles. The molecule has 1 atom stereocenters. The fourth-order valence-electron chi connectivity index (χ4n) is 3.37. The van der Waals surface area contributed by atoms with E-state index in [1.807, 2.05) is 29.1 Å². The summed E-state index contributed by atoms with van der Waals surface area (Å²) < 4.78 is 2.01. The van der Waals surface area contributed by atoms with Crippen molar-refractivity contribution < 1.29 is 4.79 Å². The lowest BCUT2D eigenvalue weighted by molar-refractivity contribution is 0.0962. The molecule has 6 nitrogen and oxygen atoms in total. The second kappa shape index (κ2) is 8.27. The highest BCUT2D eigenvalue weighted by Gasteiger charge is 2.24. The Morgan fingerprint density at radius 1 is 1.44 bits per heavy atom. The third kappa shape index (κ3) is 4.27. The lowest BCUT2D eigenvalue weighted by atomic mass is 10.00. The zero-order valence-corrected chi connectivity index (χ0v) is 15.0. The number of hydrogen-bond donors (Lipinski definition) is 2. The van der Waals surface area contributed by atoms with E-state index in [4.69, 9.17) is 0 Å². The number of aromatic nitrogens is 2. The van der Waals surface area contributed by atoms with Crippen LogP contribution < -0.4 is 10.6 Å². The van der Waals surface area contributed by atoms with Gasteiger partial charge in [-0.2, -0.15) is 5.10 Å².